The summed E-state index contributed by atoms with van der Waals surface area (Å²) in [6, 6.07) is 22.8. The van der Waals surface area contributed by atoms with Crippen LogP contribution < -0.4 is 5.32 Å². The largest absolute Gasteiger partial charge is 0.352 e. The van der Waals surface area contributed by atoms with Crippen molar-refractivity contribution in [1.29, 1.82) is 0 Å². The minimum atomic E-state index is -0.766. The quantitative estimate of drug-likeness (QED) is 0.256. The van der Waals surface area contributed by atoms with Crippen LogP contribution in [0.15, 0.2) is 83.3 Å². The molecule has 1 N–H and O–H groups in total. The topological polar surface area (TPSA) is 92.6 Å². The third-order valence-corrected chi connectivity index (χ3v) is 7.24. The molecule has 0 aliphatic heterocycles. The van der Waals surface area contributed by atoms with Gasteiger partial charge in [0.25, 0.3) is 5.69 Å². The van der Waals surface area contributed by atoms with E-state index >= 15 is 0 Å². The van der Waals surface area contributed by atoms with E-state index in [1.54, 1.807) is 23.1 Å². The molecule has 7 nitrogen and oxygen atoms in total. The predicted molar refractivity (Wildman–Crippen MR) is 146 cm³/mol. The molecule has 1 aliphatic carbocycles. The summed E-state index contributed by atoms with van der Waals surface area (Å²) in [7, 11) is 0. The summed E-state index contributed by atoms with van der Waals surface area (Å²) >= 11 is 3.49. The molecule has 8 heteroatoms. The second-order valence-corrected chi connectivity index (χ2v) is 10.3. The minimum Gasteiger partial charge on any atom is -0.352 e. The van der Waals surface area contributed by atoms with Gasteiger partial charge in [-0.1, -0.05) is 89.4 Å². The van der Waals surface area contributed by atoms with Crippen molar-refractivity contribution in [3.05, 3.63) is 110 Å². The number of nitrogens with zero attached hydrogens (tertiary/aromatic N) is 2. The molecule has 3 aromatic carbocycles. The summed E-state index contributed by atoms with van der Waals surface area (Å²) in [5.74, 6) is -0.529. The molecule has 0 bridgehead atoms. The zero-order chi connectivity index (χ0) is 26.2. The Balaban J connectivity index is 1.69. The number of hydrogen-bond acceptors (Lipinski definition) is 4. The number of rotatable bonds is 10. The first-order chi connectivity index (χ1) is 17.9. The van der Waals surface area contributed by atoms with Gasteiger partial charge in [0.1, 0.15) is 6.04 Å². The van der Waals surface area contributed by atoms with Gasteiger partial charge in [0.15, 0.2) is 0 Å². The third kappa shape index (κ3) is 7.26. The molecule has 0 heterocycles. The van der Waals surface area contributed by atoms with Gasteiger partial charge in [-0.15, -0.1) is 0 Å². The summed E-state index contributed by atoms with van der Waals surface area (Å²) in [6.07, 6.45) is 4.18. The Hall–Kier alpha value is -3.52. The van der Waals surface area contributed by atoms with Gasteiger partial charge < -0.3 is 10.2 Å². The van der Waals surface area contributed by atoms with Gasteiger partial charge in [-0.3, -0.25) is 19.7 Å². The molecule has 1 atom stereocenters. The third-order valence-electron chi connectivity index (χ3n) is 6.74. The Kier molecular flexibility index (Phi) is 9.06. The van der Waals surface area contributed by atoms with Gasteiger partial charge in [-0.05, 0) is 36.1 Å². The molecule has 0 aromatic heterocycles. The maximum absolute atomic E-state index is 13.9. The van der Waals surface area contributed by atoms with Gasteiger partial charge in [0.05, 0.1) is 11.3 Å². The van der Waals surface area contributed by atoms with Gasteiger partial charge in [0.2, 0.25) is 11.8 Å². The van der Waals surface area contributed by atoms with Crippen molar-refractivity contribution in [1.82, 2.24) is 10.2 Å². The Morgan fingerprint density at radius 3 is 2.35 bits per heavy atom. The van der Waals surface area contributed by atoms with Crippen LogP contribution >= 0.6 is 15.9 Å². The Bertz CT molecular complexity index is 1240. The van der Waals surface area contributed by atoms with Gasteiger partial charge >= 0.3 is 0 Å². The van der Waals surface area contributed by atoms with Crippen molar-refractivity contribution in [3.8, 4) is 0 Å². The zero-order valence-corrected chi connectivity index (χ0v) is 22.1. The van der Waals surface area contributed by atoms with E-state index < -0.39 is 11.0 Å². The Morgan fingerprint density at radius 2 is 1.65 bits per heavy atom. The lowest BCUT2D eigenvalue weighted by atomic mass is 10.0. The van der Waals surface area contributed by atoms with Crippen LogP contribution in [0.2, 0.25) is 0 Å². The molecular weight excluding hydrogens is 534 g/mol. The van der Waals surface area contributed by atoms with Crippen LogP contribution in [0.3, 0.4) is 0 Å². The first-order valence-electron chi connectivity index (χ1n) is 12.5. The van der Waals surface area contributed by atoms with Crippen molar-refractivity contribution >= 4 is 33.4 Å². The molecule has 3 aromatic rings. The Morgan fingerprint density at radius 1 is 0.973 bits per heavy atom. The van der Waals surface area contributed by atoms with Gasteiger partial charge in [-0.2, -0.15) is 0 Å². The smallest absolute Gasteiger partial charge is 0.273 e. The molecular formula is C29H30BrN3O4. The number of nitrogens with one attached hydrogen (secondary N) is 1. The SMILES string of the molecule is O=C(NC1CCCC1)[C@@H](Cc1ccccc1)N(Cc1cccc(Br)c1)C(=O)Cc1ccccc1[N+](=O)[O-]. The maximum Gasteiger partial charge on any atom is 0.273 e. The van der Waals surface area contributed by atoms with Crippen LogP contribution in [0.1, 0.15) is 42.4 Å². The van der Waals surface area contributed by atoms with Crippen LogP contribution in [-0.2, 0) is 29.0 Å². The van der Waals surface area contributed by atoms with E-state index in [1.165, 1.54) is 6.07 Å². The number of hydrogen-bond donors (Lipinski definition) is 1. The van der Waals surface area contributed by atoms with Gasteiger partial charge in [-0.25, -0.2) is 0 Å². The number of nitro groups is 1. The fourth-order valence-electron chi connectivity index (χ4n) is 4.86. The average Bonchev–Trinajstić information content (AvgIpc) is 3.40. The maximum atomic E-state index is 13.9. The van der Waals surface area contributed by atoms with E-state index in [4.69, 9.17) is 0 Å². The first-order valence-corrected chi connectivity index (χ1v) is 13.3. The molecule has 2 amide bonds. The van der Waals surface area contributed by atoms with Crippen LogP contribution in [-0.4, -0.2) is 33.7 Å². The lowest BCUT2D eigenvalue weighted by Crippen LogP contribution is -2.52. The van der Waals surface area contributed by atoms with Gasteiger partial charge in [0, 0.05) is 35.1 Å². The number of nitro benzene ring substituents is 1. The molecule has 1 saturated carbocycles. The van der Waals surface area contributed by atoms with Crippen LogP contribution in [0.5, 0.6) is 0 Å². The van der Waals surface area contributed by atoms with E-state index in [-0.39, 0.29) is 36.5 Å². The number of carbonyl (C=O) groups is 2. The fraction of sp³-hybridized carbons (Fsp3) is 0.310. The van der Waals surface area contributed by atoms with Crippen molar-refractivity contribution < 1.29 is 14.5 Å². The molecule has 0 radical (unpaired) electrons. The lowest BCUT2D eigenvalue weighted by molar-refractivity contribution is -0.385. The highest BCUT2D eigenvalue weighted by molar-refractivity contribution is 9.10. The van der Waals surface area contributed by atoms with Crippen LogP contribution in [0.4, 0.5) is 5.69 Å². The van der Waals surface area contributed by atoms with Crippen LogP contribution in [0, 0.1) is 10.1 Å². The summed E-state index contributed by atoms with van der Waals surface area (Å²) < 4.78 is 0.867. The number of para-hydroxylation sites is 1. The van der Waals surface area contributed by atoms with Crippen molar-refractivity contribution in [2.75, 3.05) is 0 Å². The summed E-state index contributed by atoms with van der Waals surface area (Å²) in [6.45, 7) is 0.203. The number of carbonyl (C=O) groups excluding carboxylic acids is 2. The first kappa shape index (κ1) is 26.5. The molecule has 192 valence electrons. The molecule has 1 aliphatic rings. The normalized spacial score (nSPS) is 14.2. The molecule has 0 saturated heterocycles. The van der Waals surface area contributed by atoms with Crippen LogP contribution in [0.25, 0.3) is 0 Å². The Labute approximate surface area is 225 Å². The standard InChI is InChI=1S/C29H30BrN3O4/c30-24-13-8-11-22(17-24)20-32(28(34)19-23-12-4-7-16-26(23)33(36)37)27(18-21-9-2-1-3-10-21)29(35)31-25-14-5-6-15-25/h1-4,7-13,16-17,25,27H,5-6,14-15,18-20H2,(H,31,35)/t27-/m1/s1. The van der Waals surface area contributed by atoms with Crippen molar-refractivity contribution in [2.24, 2.45) is 0 Å². The number of halogens is 1. The fourth-order valence-corrected chi connectivity index (χ4v) is 5.30. The zero-order valence-electron chi connectivity index (χ0n) is 20.5. The number of amides is 2. The molecule has 0 unspecified atom stereocenters. The van der Waals surface area contributed by atoms with E-state index in [2.05, 4.69) is 21.2 Å². The molecule has 0 spiro atoms. The van der Waals surface area contributed by atoms with E-state index in [0.717, 1.165) is 41.3 Å². The molecule has 37 heavy (non-hydrogen) atoms. The minimum absolute atomic E-state index is 0.101. The highest BCUT2D eigenvalue weighted by Gasteiger charge is 2.33. The lowest BCUT2D eigenvalue weighted by Gasteiger charge is -2.32. The second-order valence-electron chi connectivity index (χ2n) is 9.41. The summed E-state index contributed by atoms with van der Waals surface area (Å²) in [5, 5.41) is 14.8. The monoisotopic (exact) mass is 563 g/mol. The van der Waals surface area contributed by atoms with Crippen molar-refractivity contribution in [3.63, 3.8) is 0 Å². The van der Waals surface area contributed by atoms with Crippen molar-refractivity contribution in [2.45, 2.75) is 57.2 Å². The summed E-state index contributed by atoms with van der Waals surface area (Å²) in [4.78, 5) is 40.3. The van der Waals surface area contributed by atoms with E-state index in [1.807, 2.05) is 54.6 Å². The summed E-state index contributed by atoms with van der Waals surface area (Å²) in [5.41, 5.74) is 2.02. The van der Waals surface area contributed by atoms with E-state index in [9.17, 15) is 19.7 Å². The van der Waals surface area contributed by atoms with E-state index in [0.29, 0.717) is 12.0 Å². The highest BCUT2D eigenvalue weighted by Crippen LogP contribution is 2.23. The molecule has 1 fully saturated rings. The predicted octanol–water partition coefficient (Wildman–Crippen LogP) is 5.60. The average molecular weight is 564 g/mol. The highest BCUT2D eigenvalue weighted by atomic mass is 79.9. The second kappa shape index (κ2) is 12.6. The molecule has 4 rings (SSSR count). The number of benzene rings is 3.